The van der Waals surface area contributed by atoms with Gasteiger partial charge in [-0.25, -0.2) is 0 Å². The highest BCUT2D eigenvalue weighted by molar-refractivity contribution is 8.18. The number of methoxy groups -OCH3 is 1. The predicted molar refractivity (Wildman–Crippen MR) is 135 cm³/mol. The molecule has 0 bridgehead atoms. The summed E-state index contributed by atoms with van der Waals surface area (Å²) in [4.78, 5) is 27.0. The van der Waals surface area contributed by atoms with E-state index in [-0.39, 0.29) is 24.3 Å². The number of carbonyl (C=O) groups excluding carboxylic acids is 2. The SMILES string of the molecule is COc1cc(/C=C2\SC(=O)N(CCOc3cccc4ccccc34)C2=O)ccc1OCC(C)C. The van der Waals surface area contributed by atoms with Crippen LogP contribution in [-0.2, 0) is 4.79 Å². The van der Waals surface area contributed by atoms with Crippen LogP contribution in [0.15, 0.2) is 65.6 Å². The summed E-state index contributed by atoms with van der Waals surface area (Å²) in [7, 11) is 1.57. The molecule has 3 aromatic carbocycles. The lowest BCUT2D eigenvalue weighted by molar-refractivity contribution is -0.123. The highest BCUT2D eigenvalue weighted by Gasteiger charge is 2.34. The van der Waals surface area contributed by atoms with Gasteiger partial charge in [0.15, 0.2) is 11.5 Å². The molecule has 0 aliphatic carbocycles. The van der Waals surface area contributed by atoms with Crippen molar-refractivity contribution in [2.75, 3.05) is 26.9 Å². The van der Waals surface area contributed by atoms with E-state index in [1.165, 1.54) is 4.90 Å². The Morgan fingerprint density at radius 2 is 1.74 bits per heavy atom. The van der Waals surface area contributed by atoms with Crippen molar-refractivity contribution >= 4 is 39.8 Å². The van der Waals surface area contributed by atoms with Crippen LogP contribution in [0.4, 0.5) is 4.79 Å². The monoisotopic (exact) mass is 477 g/mol. The molecular formula is C27H27NO5S. The highest BCUT2D eigenvalue weighted by Crippen LogP contribution is 2.35. The standard InChI is InChI=1S/C27H27NO5S/c1-18(2)17-33-23-12-11-19(15-24(23)31-3)16-25-26(29)28(27(30)34-25)13-14-32-22-10-6-8-20-7-4-5-9-21(20)22/h4-12,15-16,18H,13-14,17H2,1-3H3/b25-16-. The molecule has 1 saturated heterocycles. The van der Waals surface area contributed by atoms with Gasteiger partial charge in [0.2, 0.25) is 0 Å². The number of amides is 2. The van der Waals surface area contributed by atoms with Gasteiger partial charge >= 0.3 is 0 Å². The number of hydrogen-bond donors (Lipinski definition) is 0. The number of hydrogen-bond acceptors (Lipinski definition) is 6. The molecule has 3 aromatic rings. The number of carbonyl (C=O) groups is 2. The molecule has 2 amide bonds. The van der Waals surface area contributed by atoms with Crippen LogP contribution >= 0.6 is 11.8 Å². The normalized spacial score (nSPS) is 14.9. The fourth-order valence-corrected chi connectivity index (χ4v) is 4.43. The maximum Gasteiger partial charge on any atom is 0.293 e. The van der Waals surface area contributed by atoms with Crippen molar-refractivity contribution < 1.29 is 23.8 Å². The molecule has 1 fully saturated rings. The van der Waals surface area contributed by atoms with E-state index in [1.807, 2.05) is 54.6 Å². The van der Waals surface area contributed by atoms with Crippen molar-refractivity contribution in [3.05, 3.63) is 71.1 Å². The van der Waals surface area contributed by atoms with E-state index in [0.717, 1.165) is 33.8 Å². The third kappa shape index (κ3) is 5.37. The lowest BCUT2D eigenvalue weighted by atomic mass is 10.1. The average Bonchev–Trinajstić information content (AvgIpc) is 3.10. The molecular weight excluding hydrogens is 450 g/mol. The molecule has 0 aromatic heterocycles. The van der Waals surface area contributed by atoms with Gasteiger partial charge in [0.1, 0.15) is 12.4 Å². The zero-order valence-corrected chi connectivity index (χ0v) is 20.3. The number of benzene rings is 3. The maximum absolute atomic E-state index is 12.9. The van der Waals surface area contributed by atoms with Crippen molar-refractivity contribution in [2.45, 2.75) is 13.8 Å². The molecule has 1 aliphatic rings. The van der Waals surface area contributed by atoms with Gasteiger partial charge in [-0.2, -0.15) is 0 Å². The van der Waals surface area contributed by atoms with E-state index in [4.69, 9.17) is 14.2 Å². The van der Waals surface area contributed by atoms with Crippen LogP contribution in [0.2, 0.25) is 0 Å². The first-order chi connectivity index (χ1) is 16.5. The van der Waals surface area contributed by atoms with Crippen LogP contribution in [0, 0.1) is 5.92 Å². The van der Waals surface area contributed by atoms with Crippen LogP contribution in [0.3, 0.4) is 0 Å². The molecule has 0 saturated carbocycles. The minimum Gasteiger partial charge on any atom is -0.493 e. The zero-order valence-electron chi connectivity index (χ0n) is 19.4. The molecule has 34 heavy (non-hydrogen) atoms. The summed E-state index contributed by atoms with van der Waals surface area (Å²) in [6, 6.07) is 19.2. The molecule has 0 radical (unpaired) electrons. The van der Waals surface area contributed by atoms with Gasteiger partial charge in [-0.15, -0.1) is 0 Å². The van der Waals surface area contributed by atoms with E-state index in [0.29, 0.717) is 28.9 Å². The highest BCUT2D eigenvalue weighted by atomic mass is 32.2. The molecule has 1 aliphatic heterocycles. The van der Waals surface area contributed by atoms with Crippen molar-refractivity contribution in [3.63, 3.8) is 0 Å². The van der Waals surface area contributed by atoms with Gasteiger partial charge in [-0.3, -0.25) is 14.5 Å². The molecule has 1 heterocycles. The summed E-state index contributed by atoms with van der Waals surface area (Å²) in [5.74, 6) is 2.02. The van der Waals surface area contributed by atoms with E-state index in [9.17, 15) is 9.59 Å². The Kier molecular flexibility index (Phi) is 7.43. The smallest absolute Gasteiger partial charge is 0.293 e. The summed E-state index contributed by atoms with van der Waals surface area (Å²) in [5.41, 5.74) is 0.756. The van der Waals surface area contributed by atoms with E-state index >= 15 is 0 Å². The Hall–Kier alpha value is -3.45. The lowest BCUT2D eigenvalue weighted by Gasteiger charge is -2.14. The molecule has 176 valence electrons. The Bertz CT molecular complexity index is 1230. The van der Waals surface area contributed by atoms with Crippen LogP contribution in [0.25, 0.3) is 16.8 Å². The van der Waals surface area contributed by atoms with Gasteiger partial charge in [-0.05, 0) is 52.9 Å². The second-order valence-corrected chi connectivity index (χ2v) is 9.27. The summed E-state index contributed by atoms with van der Waals surface area (Å²) in [6.07, 6.45) is 1.70. The van der Waals surface area contributed by atoms with Gasteiger partial charge in [0.25, 0.3) is 11.1 Å². The summed E-state index contributed by atoms with van der Waals surface area (Å²) >= 11 is 0.928. The van der Waals surface area contributed by atoms with Crippen LogP contribution in [0.1, 0.15) is 19.4 Å². The summed E-state index contributed by atoms with van der Waals surface area (Å²) in [6.45, 7) is 5.12. The van der Waals surface area contributed by atoms with Crippen molar-refractivity contribution in [1.29, 1.82) is 0 Å². The Morgan fingerprint density at radius 1 is 0.941 bits per heavy atom. The maximum atomic E-state index is 12.9. The zero-order chi connectivity index (χ0) is 24.1. The van der Waals surface area contributed by atoms with E-state index < -0.39 is 0 Å². The van der Waals surface area contributed by atoms with Crippen LogP contribution < -0.4 is 14.2 Å². The Labute approximate surface area is 203 Å². The second-order valence-electron chi connectivity index (χ2n) is 8.27. The minimum atomic E-state index is -0.323. The van der Waals surface area contributed by atoms with Crippen LogP contribution in [0.5, 0.6) is 17.2 Å². The molecule has 0 atom stereocenters. The first-order valence-corrected chi connectivity index (χ1v) is 11.9. The van der Waals surface area contributed by atoms with Crippen molar-refractivity contribution in [2.24, 2.45) is 5.92 Å². The molecule has 0 unspecified atom stereocenters. The quantitative estimate of drug-likeness (QED) is 0.352. The summed E-state index contributed by atoms with van der Waals surface area (Å²) < 4.78 is 17.1. The molecule has 0 spiro atoms. The van der Waals surface area contributed by atoms with Crippen molar-refractivity contribution in [1.82, 2.24) is 4.90 Å². The van der Waals surface area contributed by atoms with Gasteiger partial charge in [0, 0.05) is 5.39 Å². The Balaban J connectivity index is 1.42. The van der Waals surface area contributed by atoms with Crippen LogP contribution in [-0.4, -0.2) is 42.9 Å². The minimum absolute atomic E-state index is 0.177. The molecule has 7 heteroatoms. The second kappa shape index (κ2) is 10.7. The third-order valence-electron chi connectivity index (χ3n) is 5.25. The molecule has 6 nitrogen and oxygen atoms in total. The number of imide groups is 1. The van der Waals surface area contributed by atoms with Gasteiger partial charge in [-0.1, -0.05) is 56.3 Å². The van der Waals surface area contributed by atoms with E-state index in [2.05, 4.69) is 13.8 Å². The van der Waals surface area contributed by atoms with Gasteiger partial charge < -0.3 is 14.2 Å². The molecule has 0 N–H and O–H groups in total. The number of fused-ring (bicyclic) bond motifs is 1. The lowest BCUT2D eigenvalue weighted by Crippen LogP contribution is -2.32. The summed E-state index contributed by atoms with van der Waals surface area (Å²) in [5, 5.41) is 1.76. The molecule has 4 rings (SSSR count). The average molecular weight is 478 g/mol. The predicted octanol–water partition coefficient (Wildman–Crippen LogP) is 6.00. The topological polar surface area (TPSA) is 65.1 Å². The fraction of sp³-hybridized carbons (Fsp3) is 0.259. The first-order valence-electron chi connectivity index (χ1n) is 11.1. The Morgan fingerprint density at radius 3 is 2.53 bits per heavy atom. The number of ether oxygens (including phenoxy) is 3. The largest absolute Gasteiger partial charge is 0.493 e. The number of rotatable bonds is 9. The third-order valence-corrected chi connectivity index (χ3v) is 6.16. The number of thioether (sulfide) groups is 1. The first kappa shape index (κ1) is 23.7. The van der Waals surface area contributed by atoms with Gasteiger partial charge in [0.05, 0.1) is 25.2 Å². The fourth-order valence-electron chi connectivity index (χ4n) is 3.56. The van der Waals surface area contributed by atoms with Crippen molar-refractivity contribution in [3.8, 4) is 17.2 Å². The number of nitrogens with zero attached hydrogens (tertiary/aromatic N) is 1. The van der Waals surface area contributed by atoms with E-state index in [1.54, 1.807) is 19.3 Å².